The molecule has 1 aromatic heterocycles. The second-order valence-electron chi connectivity index (χ2n) is 8.61. The van der Waals surface area contributed by atoms with E-state index < -0.39 is 0 Å². The summed E-state index contributed by atoms with van der Waals surface area (Å²) in [6.45, 7) is 8.23. The van der Waals surface area contributed by atoms with Crippen LogP contribution in [-0.4, -0.2) is 52.6 Å². The Labute approximate surface area is 179 Å². The molecule has 0 spiro atoms. The summed E-state index contributed by atoms with van der Waals surface area (Å²) >= 11 is 0. The average Bonchev–Trinajstić information content (AvgIpc) is 3.10. The number of piperidine rings is 1. The maximum absolute atomic E-state index is 13.9. The van der Waals surface area contributed by atoms with Crippen molar-refractivity contribution in [2.75, 3.05) is 33.2 Å². The molecule has 0 aliphatic carbocycles. The van der Waals surface area contributed by atoms with E-state index in [0.29, 0.717) is 5.92 Å². The third-order valence-corrected chi connectivity index (χ3v) is 6.29. The number of nitrogens with zero attached hydrogens (tertiary/aromatic N) is 4. The van der Waals surface area contributed by atoms with Gasteiger partial charge in [-0.05, 0) is 69.5 Å². The summed E-state index contributed by atoms with van der Waals surface area (Å²) in [7, 11) is 2.21. The molecule has 0 radical (unpaired) electrons. The molecule has 160 valence electrons. The van der Waals surface area contributed by atoms with Gasteiger partial charge in [-0.3, -0.25) is 4.90 Å². The van der Waals surface area contributed by atoms with Crippen molar-refractivity contribution in [3.8, 4) is 0 Å². The van der Waals surface area contributed by atoms with E-state index >= 15 is 0 Å². The van der Waals surface area contributed by atoms with E-state index in [1.807, 2.05) is 12.1 Å². The lowest BCUT2D eigenvalue weighted by Gasteiger charge is -2.34. The van der Waals surface area contributed by atoms with Crippen LogP contribution in [0.1, 0.15) is 31.2 Å². The molecule has 1 atom stereocenters. The fourth-order valence-electron chi connectivity index (χ4n) is 4.83. The lowest BCUT2D eigenvalue weighted by molar-refractivity contribution is 0.140. The largest absolute Gasteiger partial charge is 0.327 e. The van der Waals surface area contributed by atoms with Gasteiger partial charge in [0.1, 0.15) is 11.6 Å². The topological polar surface area (TPSA) is 24.3 Å². The predicted octanol–water partition coefficient (Wildman–Crippen LogP) is 4.58. The zero-order chi connectivity index (χ0) is 20.9. The van der Waals surface area contributed by atoms with Crippen LogP contribution < -0.4 is 0 Å². The molecule has 1 fully saturated rings. The summed E-state index contributed by atoms with van der Waals surface area (Å²) < 4.78 is 16.2. The fourth-order valence-corrected chi connectivity index (χ4v) is 4.83. The summed E-state index contributed by atoms with van der Waals surface area (Å²) in [5.74, 6) is 1.72. The number of benzene rings is 2. The number of aromatic nitrogens is 2. The lowest BCUT2D eigenvalue weighted by Crippen LogP contribution is -2.41. The maximum Gasteiger partial charge on any atom is 0.126 e. The van der Waals surface area contributed by atoms with Gasteiger partial charge in [-0.1, -0.05) is 30.3 Å². The second-order valence-corrected chi connectivity index (χ2v) is 8.61. The predicted molar refractivity (Wildman–Crippen MR) is 121 cm³/mol. The number of rotatable bonds is 8. The minimum absolute atomic E-state index is 0.0791. The Bertz CT molecular complexity index is 967. The second kappa shape index (κ2) is 9.71. The molecule has 1 aliphatic heterocycles. The lowest BCUT2D eigenvalue weighted by atomic mass is 9.97. The van der Waals surface area contributed by atoms with Gasteiger partial charge in [-0.25, -0.2) is 9.37 Å². The van der Waals surface area contributed by atoms with Crippen LogP contribution in [0.5, 0.6) is 0 Å². The van der Waals surface area contributed by atoms with Crippen molar-refractivity contribution in [2.45, 2.75) is 39.3 Å². The molecule has 2 aromatic carbocycles. The van der Waals surface area contributed by atoms with Crippen LogP contribution in [0.2, 0.25) is 0 Å². The highest BCUT2D eigenvalue weighted by Crippen LogP contribution is 2.21. The van der Waals surface area contributed by atoms with Gasteiger partial charge in [0.05, 0.1) is 17.6 Å². The Hall–Kier alpha value is -2.24. The smallest absolute Gasteiger partial charge is 0.126 e. The zero-order valence-electron chi connectivity index (χ0n) is 18.2. The third kappa shape index (κ3) is 4.90. The number of likely N-dealkylation sites (tertiary alicyclic amines) is 1. The monoisotopic (exact) mass is 408 g/mol. The highest BCUT2D eigenvalue weighted by Gasteiger charge is 2.22. The van der Waals surface area contributed by atoms with E-state index in [4.69, 9.17) is 4.98 Å². The van der Waals surface area contributed by atoms with Gasteiger partial charge in [0, 0.05) is 26.2 Å². The third-order valence-electron chi connectivity index (χ3n) is 6.29. The Morgan fingerprint density at radius 3 is 2.77 bits per heavy atom. The first kappa shape index (κ1) is 21.0. The summed E-state index contributed by atoms with van der Waals surface area (Å²) in [6.07, 6.45) is 3.28. The molecule has 0 saturated carbocycles. The van der Waals surface area contributed by atoms with Crippen molar-refractivity contribution >= 4 is 11.0 Å². The van der Waals surface area contributed by atoms with Crippen molar-refractivity contribution in [3.05, 3.63) is 65.7 Å². The first-order valence-corrected chi connectivity index (χ1v) is 11.2. The molecule has 2 heterocycles. The average molecular weight is 409 g/mol. The van der Waals surface area contributed by atoms with Crippen LogP contribution in [0.25, 0.3) is 11.0 Å². The number of para-hydroxylation sites is 2. The van der Waals surface area contributed by atoms with Crippen molar-refractivity contribution in [1.82, 2.24) is 19.4 Å². The Morgan fingerprint density at radius 1 is 1.13 bits per heavy atom. The highest BCUT2D eigenvalue weighted by atomic mass is 19.1. The zero-order valence-corrected chi connectivity index (χ0v) is 18.2. The summed E-state index contributed by atoms with van der Waals surface area (Å²) in [5, 5.41) is 0. The molecule has 3 aromatic rings. The van der Waals surface area contributed by atoms with Gasteiger partial charge < -0.3 is 9.47 Å². The van der Waals surface area contributed by atoms with Gasteiger partial charge in [0.2, 0.25) is 0 Å². The van der Waals surface area contributed by atoms with E-state index in [1.54, 1.807) is 12.1 Å². The minimum Gasteiger partial charge on any atom is -0.327 e. The van der Waals surface area contributed by atoms with E-state index in [0.717, 1.165) is 62.6 Å². The molecule has 4 nitrogen and oxygen atoms in total. The maximum atomic E-state index is 13.9. The molecule has 0 unspecified atom stereocenters. The fraction of sp³-hybridized carbons (Fsp3) is 0.480. The molecule has 0 amide bonds. The van der Waals surface area contributed by atoms with Gasteiger partial charge >= 0.3 is 0 Å². The molecule has 1 aliphatic rings. The Kier molecular flexibility index (Phi) is 6.80. The molecule has 4 rings (SSSR count). The number of aryl methyl sites for hydroxylation is 1. The summed E-state index contributed by atoms with van der Waals surface area (Å²) in [4.78, 5) is 9.80. The molecular weight excluding hydrogens is 375 g/mol. The van der Waals surface area contributed by atoms with Crippen LogP contribution in [0.15, 0.2) is 48.5 Å². The van der Waals surface area contributed by atoms with Crippen LogP contribution in [-0.2, 0) is 19.5 Å². The quantitative estimate of drug-likeness (QED) is 0.545. The number of imidazole rings is 1. The van der Waals surface area contributed by atoms with Crippen LogP contribution >= 0.6 is 0 Å². The van der Waals surface area contributed by atoms with Crippen LogP contribution in [0, 0.1) is 11.7 Å². The number of hydrogen-bond acceptors (Lipinski definition) is 3. The highest BCUT2D eigenvalue weighted by molar-refractivity contribution is 5.75. The molecule has 0 bridgehead atoms. The SMILES string of the molecule is CCn1c(CN(C)C[C@H]2CCCN(CCc3ccccc3F)C2)nc2ccccc21. The van der Waals surface area contributed by atoms with Gasteiger partial charge in [0.25, 0.3) is 0 Å². The van der Waals surface area contributed by atoms with Crippen LogP contribution in [0.3, 0.4) is 0 Å². The van der Waals surface area contributed by atoms with E-state index in [1.165, 1.54) is 18.4 Å². The summed E-state index contributed by atoms with van der Waals surface area (Å²) in [6, 6.07) is 15.6. The first-order chi connectivity index (χ1) is 14.6. The molecule has 0 N–H and O–H groups in total. The van der Waals surface area contributed by atoms with Gasteiger partial charge in [0.15, 0.2) is 0 Å². The Morgan fingerprint density at radius 2 is 1.93 bits per heavy atom. The Balaban J connectivity index is 1.32. The van der Waals surface area contributed by atoms with Crippen molar-refractivity contribution in [1.29, 1.82) is 0 Å². The van der Waals surface area contributed by atoms with Gasteiger partial charge in [-0.15, -0.1) is 0 Å². The standard InChI is InChI=1S/C25H33FN4/c1-3-30-24-13-7-6-12-23(24)27-25(30)19-28(2)17-20-9-8-15-29(18-20)16-14-21-10-4-5-11-22(21)26/h4-7,10-13,20H,3,8-9,14-19H2,1-2H3/t20-/m1/s1. The number of halogens is 1. The first-order valence-electron chi connectivity index (χ1n) is 11.2. The van der Waals surface area contributed by atoms with Crippen molar-refractivity contribution in [2.24, 2.45) is 5.92 Å². The van der Waals surface area contributed by atoms with E-state index in [9.17, 15) is 4.39 Å². The van der Waals surface area contributed by atoms with Crippen LogP contribution in [0.4, 0.5) is 4.39 Å². The molecule has 1 saturated heterocycles. The summed E-state index contributed by atoms with van der Waals surface area (Å²) in [5.41, 5.74) is 3.13. The number of hydrogen-bond donors (Lipinski definition) is 0. The molecule has 5 heteroatoms. The minimum atomic E-state index is -0.0791. The molecular formula is C25H33FN4. The van der Waals surface area contributed by atoms with E-state index in [2.05, 4.69) is 52.6 Å². The van der Waals surface area contributed by atoms with E-state index in [-0.39, 0.29) is 5.82 Å². The normalized spacial score (nSPS) is 17.8. The number of fused-ring (bicyclic) bond motifs is 1. The van der Waals surface area contributed by atoms with Gasteiger partial charge in [-0.2, -0.15) is 0 Å². The van der Waals surface area contributed by atoms with Crippen molar-refractivity contribution < 1.29 is 4.39 Å². The molecule has 30 heavy (non-hydrogen) atoms. The van der Waals surface area contributed by atoms with Crippen molar-refractivity contribution in [3.63, 3.8) is 0 Å².